The molecule has 1 saturated heterocycles. The number of hydrogen-bond acceptors (Lipinski definition) is 3. The quantitative estimate of drug-likeness (QED) is 0.630. The number of pyridine rings is 1. The molecule has 0 aromatic carbocycles. The van der Waals surface area contributed by atoms with E-state index in [1.165, 1.54) is 44.1 Å². The summed E-state index contributed by atoms with van der Waals surface area (Å²) in [7, 11) is 1.90. The van der Waals surface area contributed by atoms with Crippen LogP contribution in [-0.4, -0.2) is 43.2 Å². The van der Waals surface area contributed by atoms with Gasteiger partial charge < -0.3 is 15.5 Å². The van der Waals surface area contributed by atoms with Crippen molar-refractivity contribution in [2.24, 2.45) is 16.8 Å². The summed E-state index contributed by atoms with van der Waals surface area (Å²) in [6.07, 6.45) is 12.8. The summed E-state index contributed by atoms with van der Waals surface area (Å²) in [5, 5.41) is 7.37. The van der Waals surface area contributed by atoms with E-state index < -0.39 is 0 Å². The molecular weight excluding hydrogens is 334 g/mol. The van der Waals surface area contributed by atoms with Crippen LogP contribution in [0.4, 0.5) is 5.82 Å². The zero-order valence-corrected chi connectivity index (χ0v) is 17.0. The van der Waals surface area contributed by atoms with E-state index >= 15 is 0 Å². The van der Waals surface area contributed by atoms with Crippen LogP contribution >= 0.6 is 0 Å². The monoisotopic (exact) mass is 369 g/mol. The first-order chi connectivity index (χ1) is 13.2. The Labute approximate surface area is 164 Å². The van der Waals surface area contributed by atoms with Gasteiger partial charge in [-0.3, -0.25) is 4.99 Å². The number of aliphatic imine (C=N–C) groups is 1. The molecule has 2 N–H and O–H groups in total. The first-order valence-corrected chi connectivity index (χ1v) is 10.9. The molecule has 1 aliphatic heterocycles. The predicted molar refractivity (Wildman–Crippen MR) is 112 cm³/mol. The molecule has 2 heterocycles. The van der Waals surface area contributed by atoms with Gasteiger partial charge in [0.1, 0.15) is 5.82 Å². The fourth-order valence-electron chi connectivity index (χ4n) is 4.90. The maximum atomic E-state index is 4.57. The summed E-state index contributed by atoms with van der Waals surface area (Å²) in [6.45, 7) is 4.20. The molecule has 5 heteroatoms. The number of hydrogen-bond donors (Lipinski definition) is 2. The van der Waals surface area contributed by atoms with Crippen molar-refractivity contribution in [3.8, 4) is 0 Å². The second-order valence-corrected chi connectivity index (χ2v) is 8.72. The second kappa shape index (κ2) is 8.49. The Balaban J connectivity index is 1.21. The van der Waals surface area contributed by atoms with E-state index in [2.05, 4.69) is 44.6 Å². The van der Waals surface area contributed by atoms with Gasteiger partial charge in [0.25, 0.3) is 0 Å². The topological polar surface area (TPSA) is 52.6 Å². The van der Waals surface area contributed by atoms with Crippen molar-refractivity contribution in [3.63, 3.8) is 0 Å². The summed E-state index contributed by atoms with van der Waals surface area (Å²) in [5.41, 5.74) is 1.22. The molecule has 3 fully saturated rings. The molecule has 0 radical (unpaired) electrons. The van der Waals surface area contributed by atoms with Crippen molar-refractivity contribution in [2.75, 3.05) is 25.0 Å². The molecule has 2 aliphatic carbocycles. The smallest absolute Gasteiger partial charge is 0.191 e. The summed E-state index contributed by atoms with van der Waals surface area (Å²) < 4.78 is 0. The third kappa shape index (κ3) is 4.74. The highest BCUT2D eigenvalue weighted by Gasteiger charge is 2.43. The molecular formula is C22H35N5. The van der Waals surface area contributed by atoms with E-state index in [-0.39, 0.29) is 0 Å². The highest BCUT2D eigenvalue weighted by atomic mass is 15.2. The van der Waals surface area contributed by atoms with Crippen LogP contribution in [-0.2, 0) is 0 Å². The van der Waals surface area contributed by atoms with Crippen molar-refractivity contribution < 1.29 is 0 Å². The van der Waals surface area contributed by atoms with Crippen molar-refractivity contribution in [2.45, 2.75) is 70.4 Å². The van der Waals surface area contributed by atoms with Gasteiger partial charge in [-0.25, -0.2) is 4.98 Å². The fraction of sp³-hybridized carbons (Fsp3) is 0.727. The zero-order valence-electron chi connectivity index (χ0n) is 17.0. The van der Waals surface area contributed by atoms with Gasteiger partial charge in [0, 0.05) is 38.4 Å². The Morgan fingerprint density at radius 3 is 2.52 bits per heavy atom. The lowest BCUT2D eigenvalue weighted by Gasteiger charge is -2.34. The average Bonchev–Trinajstić information content (AvgIpc) is 3.48. The molecule has 2 saturated carbocycles. The molecule has 4 rings (SSSR count). The standard InChI is InChI=1S/C22H35N5/c1-16-8-9-21(24-15-16)27-12-10-18(11-13-27)25-22(23-2)26-20-14-19(20)17-6-4-3-5-7-17/h8-9,15,17-20H,3-7,10-14H2,1-2H3,(H2,23,25,26). The highest BCUT2D eigenvalue weighted by molar-refractivity contribution is 5.80. The molecule has 2 atom stereocenters. The lowest BCUT2D eigenvalue weighted by atomic mass is 9.85. The largest absolute Gasteiger partial charge is 0.356 e. The zero-order chi connectivity index (χ0) is 18.6. The van der Waals surface area contributed by atoms with Gasteiger partial charge in [-0.05, 0) is 49.7 Å². The number of aryl methyl sites for hydroxylation is 1. The summed E-state index contributed by atoms with van der Waals surface area (Å²) in [5.74, 6) is 3.96. The molecule has 1 aromatic heterocycles. The minimum absolute atomic E-state index is 0.504. The van der Waals surface area contributed by atoms with E-state index in [0.29, 0.717) is 12.1 Å². The van der Waals surface area contributed by atoms with Gasteiger partial charge in [-0.1, -0.05) is 38.2 Å². The Bertz CT molecular complexity index is 627. The number of anilines is 1. The van der Waals surface area contributed by atoms with Crippen LogP contribution in [0, 0.1) is 18.8 Å². The number of aromatic nitrogens is 1. The fourth-order valence-corrected chi connectivity index (χ4v) is 4.90. The maximum Gasteiger partial charge on any atom is 0.191 e. The summed E-state index contributed by atoms with van der Waals surface area (Å²) in [6, 6.07) is 5.44. The van der Waals surface area contributed by atoms with Gasteiger partial charge in [-0.2, -0.15) is 0 Å². The predicted octanol–water partition coefficient (Wildman–Crippen LogP) is 3.49. The van der Waals surface area contributed by atoms with Crippen molar-refractivity contribution >= 4 is 11.8 Å². The Kier molecular flexibility index (Phi) is 5.84. The van der Waals surface area contributed by atoms with Crippen LogP contribution < -0.4 is 15.5 Å². The van der Waals surface area contributed by atoms with E-state index in [9.17, 15) is 0 Å². The van der Waals surface area contributed by atoms with Gasteiger partial charge >= 0.3 is 0 Å². The molecule has 5 nitrogen and oxygen atoms in total. The Morgan fingerprint density at radius 2 is 1.85 bits per heavy atom. The van der Waals surface area contributed by atoms with Crippen molar-refractivity contribution in [3.05, 3.63) is 23.9 Å². The van der Waals surface area contributed by atoms with E-state index in [4.69, 9.17) is 0 Å². The lowest BCUT2D eigenvalue weighted by molar-refractivity contribution is 0.315. The van der Waals surface area contributed by atoms with Gasteiger partial charge in [-0.15, -0.1) is 0 Å². The third-order valence-electron chi connectivity index (χ3n) is 6.70. The van der Waals surface area contributed by atoms with Crippen LogP contribution in [0.5, 0.6) is 0 Å². The number of nitrogens with zero attached hydrogens (tertiary/aromatic N) is 3. The van der Waals surface area contributed by atoms with E-state index in [1.54, 1.807) is 0 Å². The first kappa shape index (κ1) is 18.6. The molecule has 2 unspecified atom stereocenters. The normalized spacial score (nSPS) is 27.5. The van der Waals surface area contributed by atoms with Crippen LogP contribution in [0.3, 0.4) is 0 Å². The molecule has 0 spiro atoms. The number of rotatable bonds is 4. The van der Waals surface area contributed by atoms with Crippen LogP contribution in [0.2, 0.25) is 0 Å². The minimum atomic E-state index is 0.504. The SMILES string of the molecule is CN=C(NC1CCN(c2ccc(C)cn2)CC1)NC1CC1C1CCCCC1. The molecule has 0 bridgehead atoms. The van der Waals surface area contributed by atoms with E-state index in [1.807, 2.05) is 13.2 Å². The number of guanidine groups is 1. The third-order valence-corrected chi connectivity index (χ3v) is 6.70. The minimum Gasteiger partial charge on any atom is -0.356 e. The molecule has 3 aliphatic rings. The molecule has 148 valence electrons. The number of piperidine rings is 1. The molecule has 0 amide bonds. The Hall–Kier alpha value is -1.78. The molecule has 27 heavy (non-hydrogen) atoms. The summed E-state index contributed by atoms with van der Waals surface area (Å²) in [4.78, 5) is 11.5. The lowest BCUT2D eigenvalue weighted by Crippen LogP contribution is -2.49. The average molecular weight is 370 g/mol. The van der Waals surface area contributed by atoms with Crippen molar-refractivity contribution in [1.29, 1.82) is 0 Å². The van der Waals surface area contributed by atoms with Crippen LogP contribution in [0.25, 0.3) is 0 Å². The van der Waals surface area contributed by atoms with Crippen molar-refractivity contribution in [1.82, 2.24) is 15.6 Å². The maximum absolute atomic E-state index is 4.57. The van der Waals surface area contributed by atoms with Gasteiger partial charge in [0.2, 0.25) is 0 Å². The summed E-state index contributed by atoms with van der Waals surface area (Å²) >= 11 is 0. The van der Waals surface area contributed by atoms with Crippen LogP contribution in [0.15, 0.2) is 23.3 Å². The van der Waals surface area contributed by atoms with Crippen LogP contribution in [0.1, 0.15) is 56.9 Å². The van der Waals surface area contributed by atoms with E-state index in [0.717, 1.165) is 49.5 Å². The Morgan fingerprint density at radius 1 is 1.07 bits per heavy atom. The number of nitrogens with one attached hydrogen (secondary N) is 2. The second-order valence-electron chi connectivity index (χ2n) is 8.72. The van der Waals surface area contributed by atoms with Gasteiger partial charge in [0.15, 0.2) is 5.96 Å². The first-order valence-electron chi connectivity index (χ1n) is 10.9. The van der Waals surface area contributed by atoms with Gasteiger partial charge in [0.05, 0.1) is 0 Å². The highest BCUT2D eigenvalue weighted by Crippen LogP contribution is 2.44. The molecule has 1 aromatic rings.